The molecular formula is C21H23ClF2N4O2. The van der Waals surface area contributed by atoms with Crippen LogP contribution < -0.4 is 15.5 Å². The van der Waals surface area contributed by atoms with Crippen molar-refractivity contribution in [1.29, 1.82) is 0 Å². The Balaban J connectivity index is 1.33. The molecule has 2 N–H and O–H groups in total. The summed E-state index contributed by atoms with van der Waals surface area (Å²) < 4.78 is 26.4. The fraction of sp³-hybridized carbons (Fsp3) is 0.333. The van der Waals surface area contributed by atoms with Crippen molar-refractivity contribution in [3.05, 3.63) is 59.1 Å². The van der Waals surface area contributed by atoms with E-state index in [-0.39, 0.29) is 5.69 Å². The SMILES string of the molecule is O=C(NCCCN1CCN(c2ccc(Cl)cc2)CC1)C(=O)Nc1ccc(F)cc1F. The smallest absolute Gasteiger partial charge is 0.313 e. The lowest BCUT2D eigenvalue weighted by Crippen LogP contribution is -2.47. The van der Waals surface area contributed by atoms with Gasteiger partial charge in [0.1, 0.15) is 11.6 Å². The zero-order valence-corrected chi connectivity index (χ0v) is 17.1. The molecule has 0 aromatic heterocycles. The molecule has 3 rings (SSSR count). The first kappa shape index (κ1) is 22.0. The predicted molar refractivity (Wildman–Crippen MR) is 113 cm³/mol. The number of amides is 2. The van der Waals surface area contributed by atoms with Crippen molar-refractivity contribution in [2.45, 2.75) is 6.42 Å². The van der Waals surface area contributed by atoms with Gasteiger partial charge < -0.3 is 15.5 Å². The summed E-state index contributed by atoms with van der Waals surface area (Å²) in [5.41, 5.74) is 0.907. The second-order valence-corrected chi connectivity index (χ2v) is 7.43. The van der Waals surface area contributed by atoms with Gasteiger partial charge in [0.15, 0.2) is 0 Å². The highest BCUT2D eigenvalue weighted by atomic mass is 35.5. The van der Waals surface area contributed by atoms with E-state index in [0.29, 0.717) is 19.0 Å². The normalized spacial score (nSPS) is 14.4. The standard InChI is InChI=1S/C21H23ClF2N4O2/c22-15-2-5-17(6-3-15)28-12-10-27(11-13-28)9-1-8-25-20(29)21(30)26-19-7-4-16(23)14-18(19)24/h2-7,14H,1,8-13H2,(H,25,29)(H,26,30). The van der Waals surface area contributed by atoms with Crippen LogP contribution in [0.15, 0.2) is 42.5 Å². The zero-order chi connectivity index (χ0) is 21.5. The summed E-state index contributed by atoms with van der Waals surface area (Å²) >= 11 is 5.93. The second kappa shape index (κ2) is 10.4. The molecule has 1 aliphatic heterocycles. The second-order valence-electron chi connectivity index (χ2n) is 6.99. The molecule has 0 aliphatic carbocycles. The number of anilines is 2. The molecule has 0 bridgehead atoms. The Labute approximate surface area is 178 Å². The minimum absolute atomic E-state index is 0.241. The lowest BCUT2D eigenvalue weighted by atomic mass is 10.2. The molecule has 0 unspecified atom stereocenters. The van der Waals surface area contributed by atoms with E-state index < -0.39 is 23.4 Å². The number of benzene rings is 2. The summed E-state index contributed by atoms with van der Waals surface area (Å²) in [5, 5.41) is 5.37. The van der Waals surface area contributed by atoms with Crippen LogP contribution in [0.2, 0.25) is 5.02 Å². The van der Waals surface area contributed by atoms with Crippen molar-refractivity contribution in [2.24, 2.45) is 0 Å². The molecule has 1 fully saturated rings. The third kappa shape index (κ3) is 6.14. The van der Waals surface area contributed by atoms with Crippen LogP contribution in [-0.2, 0) is 9.59 Å². The van der Waals surface area contributed by atoms with Crippen molar-refractivity contribution < 1.29 is 18.4 Å². The number of hydrogen-bond donors (Lipinski definition) is 2. The molecule has 1 heterocycles. The summed E-state index contributed by atoms with van der Waals surface area (Å²) in [7, 11) is 0. The van der Waals surface area contributed by atoms with Crippen LogP contribution >= 0.6 is 11.6 Å². The van der Waals surface area contributed by atoms with Gasteiger partial charge in [-0.05, 0) is 49.4 Å². The van der Waals surface area contributed by atoms with Crippen molar-refractivity contribution in [2.75, 3.05) is 49.5 Å². The van der Waals surface area contributed by atoms with Gasteiger partial charge in [-0.1, -0.05) is 11.6 Å². The summed E-state index contributed by atoms with van der Waals surface area (Å²) in [6, 6.07) is 10.5. The van der Waals surface area contributed by atoms with E-state index >= 15 is 0 Å². The maximum Gasteiger partial charge on any atom is 0.313 e. The molecule has 2 aromatic carbocycles. The number of carbonyl (C=O) groups excluding carboxylic acids is 2. The minimum atomic E-state index is -0.989. The van der Waals surface area contributed by atoms with Crippen LogP contribution in [0.1, 0.15) is 6.42 Å². The summed E-state index contributed by atoms with van der Waals surface area (Å²) in [4.78, 5) is 28.3. The fourth-order valence-corrected chi connectivity index (χ4v) is 3.36. The lowest BCUT2D eigenvalue weighted by Gasteiger charge is -2.36. The van der Waals surface area contributed by atoms with E-state index in [1.165, 1.54) is 0 Å². The van der Waals surface area contributed by atoms with E-state index in [0.717, 1.165) is 55.6 Å². The Kier molecular flexibility index (Phi) is 7.59. The number of halogens is 3. The third-order valence-electron chi connectivity index (χ3n) is 4.89. The van der Waals surface area contributed by atoms with Gasteiger partial charge in [-0.2, -0.15) is 0 Å². The van der Waals surface area contributed by atoms with Crippen LogP contribution in [0, 0.1) is 11.6 Å². The van der Waals surface area contributed by atoms with Crippen molar-refractivity contribution in [1.82, 2.24) is 10.2 Å². The molecule has 160 valence electrons. The van der Waals surface area contributed by atoms with E-state index in [4.69, 9.17) is 11.6 Å². The number of nitrogens with one attached hydrogen (secondary N) is 2. The number of piperazine rings is 1. The maximum atomic E-state index is 13.5. The average Bonchev–Trinajstić information content (AvgIpc) is 2.74. The molecular weight excluding hydrogens is 414 g/mol. The number of rotatable bonds is 6. The van der Waals surface area contributed by atoms with E-state index in [1.807, 2.05) is 24.3 Å². The molecule has 1 saturated heterocycles. The van der Waals surface area contributed by atoms with Crippen LogP contribution in [-0.4, -0.2) is 56.0 Å². The van der Waals surface area contributed by atoms with Gasteiger partial charge in [0, 0.05) is 49.5 Å². The lowest BCUT2D eigenvalue weighted by molar-refractivity contribution is -0.136. The highest BCUT2D eigenvalue weighted by molar-refractivity contribution is 6.39. The molecule has 6 nitrogen and oxygen atoms in total. The van der Waals surface area contributed by atoms with Crippen LogP contribution in [0.5, 0.6) is 0 Å². The quantitative estimate of drug-likeness (QED) is 0.540. The van der Waals surface area contributed by atoms with E-state index in [1.54, 1.807) is 0 Å². The van der Waals surface area contributed by atoms with Crippen molar-refractivity contribution in [3.63, 3.8) is 0 Å². The molecule has 30 heavy (non-hydrogen) atoms. The summed E-state index contributed by atoms with van der Waals surface area (Å²) in [5.74, 6) is -3.54. The Bertz CT molecular complexity index is 887. The zero-order valence-electron chi connectivity index (χ0n) is 16.3. The number of hydrogen-bond acceptors (Lipinski definition) is 4. The maximum absolute atomic E-state index is 13.5. The molecule has 2 amide bonds. The van der Waals surface area contributed by atoms with Crippen molar-refractivity contribution >= 4 is 34.8 Å². The van der Waals surface area contributed by atoms with Crippen LogP contribution in [0.3, 0.4) is 0 Å². The largest absolute Gasteiger partial charge is 0.369 e. The Morgan fingerprint density at radius 2 is 1.67 bits per heavy atom. The number of nitrogens with zero attached hydrogens (tertiary/aromatic N) is 2. The predicted octanol–water partition coefficient (Wildman–Crippen LogP) is 2.89. The summed E-state index contributed by atoms with van der Waals surface area (Å²) in [6.45, 7) is 4.74. The first-order valence-corrected chi connectivity index (χ1v) is 10.1. The van der Waals surface area contributed by atoms with Gasteiger partial charge in [0.2, 0.25) is 0 Å². The molecule has 0 spiro atoms. The monoisotopic (exact) mass is 436 g/mol. The molecule has 2 aromatic rings. The molecule has 0 atom stereocenters. The molecule has 0 radical (unpaired) electrons. The first-order valence-electron chi connectivity index (χ1n) is 9.69. The third-order valence-corrected chi connectivity index (χ3v) is 5.14. The molecule has 1 aliphatic rings. The fourth-order valence-electron chi connectivity index (χ4n) is 3.24. The average molecular weight is 437 g/mol. The molecule has 0 saturated carbocycles. The van der Waals surface area contributed by atoms with Gasteiger partial charge in [0.05, 0.1) is 5.69 Å². The Morgan fingerprint density at radius 1 is 0.967 bits per heavy atom. The van der Waals surface area contributed by atoms with E-state index in [9.17, 15) is 18.4 Å². The summed E-state index contributed by atoms with van der Waals surface area (Å²) in [6.07, 6.45) is 0.685. The van der Waals surface area contributed by atoms with Gasteiger partial charge in [-0.25, -0.2) is 8.78 Å². The van der Waals surface area contributed by atoms with E-state index in [2.05, 4.69) is 20.4 Å². The van der Waals surface area contributed by atoms with Gasteiger partial charge in [-0.15, -0.1) is 0 Å². The number of carbonyl (C=O) groups is 2. The first-order chi connectivity index (χ1) is 14.4. The van der Waals surface area contributed by atoms with Gasteiger partial charge >= 0.3 is 11.8 Å². The minimum Gasteiger partial charge on any atom is -0.369 e. The van der Waals surface area contributed by atoms with Gasteiger partial charge in [0.25, 0.3) is 0 Å². The Morgan fingerprint density at radius 3 is 2.33 bits per heavy atom. The topological polar surface area (TPSA) is 64.7 Å². The van der Waals surface area contributed by atoms with Crippen LogP contribution in [0.25, 0.3) is 0 Å². The molecule has 9 heteroatoms. The highest BCUT2D eigenvalue weighted by Gasteiger charge is 2.18. The van der Waals surface area contributed by atoms with Crippen LogP contribution in [0.4, 0.5) is 20.2 Å². The van der Waals surface area contributed by atoms with Gasteiger partial charge in [-0.3, -0.25) is 14.5 Å². The Hall–Kier alpha value is -2.71. The highest BCUT2D eigenvalue weighted by Crippen LogP contribution is 2.19. The van der Waals surface area contributed by atoms with Crippen molar-refractivity contribution in [3.8, 4) is 0 Å².